The number of rotatable bonds is 4. The van der Waals surface area contributed by atoms with Crippen LogP contribution in [0.3, 0.4) is 0 Å². The normalized spacial score (nSPS) is 29.2. The van der Waals surface area contributed by atoms with Gasteiger partial charge in [-0.3, -0.25) is 5.41 Å². The Morgan fingerprint density at radius 2 is 1.55 bits per heavy atom. The number of halogens is 1. The Morgan fingerprint density at radius 1 is 0.970 bits per heavy atom. The highest BCUT2D eigenvalue weighted by atomic mass is 79.9. The molecule has 0 spiro atoms. The molecule has 2 aromatic rings. The van der Waals surface area contributed by atoms with Crippen LogP contribution in [0.4, 0.5) is 0 Å². The molecule has 8 nitrogen and oxygen atoms in total. The molecule has 0 aromatic heterocycles. The summed E-state index contributed by atoms with van der Waals surface area (Å²) in [6.07, 6.45) is -1.25. The van der Waals surface area contributed by atoms with Crippen molar-refractivity contribution in [3.05, 3.63) is 58.1 Å². The van der Waals surface area contributed by atoms with Gasteiger partial charge in [0, 0.05) is 16.1 Å². The molecule has 9 heteroatoms. The number of ether oxygens (including phenoxy) is 4. The molecule has 4 atom stereocenters. The summed E-state index contributed by atoms with van der Waals surface area (Å²) in [5.74, 6) is -2.04. The van der Waals surface area contributed by atoms with Crippen LogP contribution in [0.1, 0.15) is 24.2 Å². The number of benzene rings is 2. The maximum absolute atomic E-state index is 10.4. The quantitative estimate of drug-likeness (QED) is 0.641. The van der Waals surface area contributed by atoms with Crippen molar-refractivity contribution in [1.29, 1.82) is 21.2 Å². The van der Waals surface area contributed by atoms with Crippen LogP contribution >= 0.6 is 15.9 Å². The van der Waals surface area contributed by atoms with Crippen molar-refractivity contribution < 1.29 is 18.9 Å². The topological polar surface area (TPSA) is 132 Å². The molecule has 0 radical (unpaired) electrons. The Bertz CT molecular complexity index is 1220. The predicted octanol–water partition coefficient (Wildman–Crippen LogP) is 4.58. The van der Waals surface area contributed by atoms with Gasteiger partial charge in [-0.2, -0.15) is 15.8 Å². The van der Waals surface area contributed by atoms with Gasteiger partial charge in [-0.25, -0.2) is 0 Å². The van der Waals surface area contributed by atoms with Gasteiger partial charge in [-0.05, 0) is 29.8 Å². The Hall–Kier alpha value is -3.58. The Morgan fingerprint density at radius 3 is 2.03 bits per heavy atom. The molecule has 2 aliphatic rings. The summed E-state index contributed by atoms with van der Waals surface area (Å²) >= 11 is 3.40. The third-order valence-corrected chi connectivity index (χ3v) is 7.12. The highest BCUT2D eigenvalue weighted by molar-refractivity contribution is 9.10. The molecular weight excluding hydrogens is 488 g/mol. The molecule has 2 aromatic carbocycles. The van der Waals surface area contributed by atoms with E-state index >= 15 is 0 Å². The third-order valence-electron chi connectivity index (χ3n) is 6.59. The maximum atomic E-state index is 10.4. The molecule has 4 unspecified atom stereocenters. The molecule has 0 amide bonds. The van der Waals surface area contributed by atoms with Crippen molar-refractivity contribution in [3.8, 4) is 29.7 Å². The highest BCUT2D eigenvalue weighted by Gasteiger charge is 2.79. The summed E-state index contributed by atoms with van der Waals surface area (Å²) < 4.78 is 24.0. The first-order valence-corrected chi connectivity index (χ1v) is 10.8. The Kier molecular flexibility index (Phi) is 5.33. The van der Waals surface area contributed by atoms with Gasteiger partial charge in [0.15, 0.2) is 5.41 Å². The zero-order valence-electron chi connectivity index (χ0n) is 18.0. The molecule has 4 rings (SSSR count). The molecular formula is C24H19BrN4O4. The molecule has 0 aliphatic carbocycles. The second-order valence-electron chi connectivity index (χ2n) is 7.92. The van der Waals surface area contributed by atoms with E-state index in [9.17, 15) is 15.8 Å². The fraction of sp³-hybridized carbons (Fsp3) is 0.333. The van der Waals surface area contributed by atoms with E-state index in [2.05, 4.69) is 22.0 Å². The van der Waals surface area contributed by atoms with Gasteiger partial charge >= 0.3 is 0 Å². The summed E-state index contributed by atoms with van der Waals surface area (Å²) in [6.45, 7) is 1.67. The van der Waals surface area contributed by atoms with Crippen molar-refractivity contribution in [2.45, 2.75) is 18.8 Å². The van der Waals surface area contributed by atoms with E-state index in [4.69, 9.17) is 24.4 Å². The molecule has 2 saturated heterocycles. The van der Waals surface area contributed by atoms with Crippen molar-refractivity contribution in [2.75, 3.05) is 14.2 Å². The van der Waals surface area contributed by atoms with E-state index in [1.54, 1.807) is 49.4 Å². The smallest absolute Gasteiger partial charge is 0.244 e. The van der Waals surface area contributed by atoms with Crippen molar-refractivity contribution in [2.24, 2.45) is 16.7 Å². The summed E-state index contributed by atoms with van der Waals surface area (Å²) in [4.78, 5) is 0. The molecule has 2 fully saturated rings. The van der Waals surface area contributed by atoms with Crippen LogP contribution in [-0.2, 0) is 15.3 Å². The summed E-state index contributed by atoms with van der Waals surface area (Å²) in [5.41, 5.74) is -3.02. The minimum Gasteiger partial charge on any atom is -0.497 e. The van der Waals surface area contributed by atoms with E-state index < -0.39 is 34.5 Å². The first-order chi connectivity index (χ1) is 15.8. The van der Waals surface area contributed by atoms with Crippen LogP contribution in [0.15, 0.2) is 46.9 Å². The standard InChI is InChI=1S/C24H19BrN4O4/c1-14-23(13-28)21(29)33-24(14,16-4-6-17(25)7-5-16)32-20(22(23,11-26)12-27)15-8-18(30-2)10-19(9-15)31-3/h4-10,14,20,29H,1-3H3. The minimum absolute atomic E-state index is 0.389. The lowest BCUT2D eigenvalue weighted by atomic mass is 9.53. The van der Waals surface area contributed by atoms with Crippen LogP contribution in [-0.4, -0.2) is 20.1 Å². The zero-order chi connectivity index (χ0) is 24.0. The van der Waals surface area contributed by atoms with Gasteiger partial charge in [0.2, 0.25) is 17.1 Å². The van der Waals surface area contributed by atoms with Crippen LogP contribution < -0.4 is 9.47 Å². The number of nitriles is 3. The Labute approximate surface area is 199 Å². The molecule has 33 heavy (non-hydrogen) atoms. The molecule has 1 N–H and O–H groups in total. The SMILES string of the molecule is COc1cc(OC)cc(C2OC3(c4ccc(Br)cc4)OC(=N)C(C#N)(C3C)C2(C#N)C#N)c1. The summed E-state index contributed by atoms with van der Waals surface area (Å²) in [7, 11) is 2.96. The van der Waals surface area contributed by atoms with E-state index in [-0.39, 0.29) is 0 Å². The average molecular weight is 507 g/mol. The fourth-order valence-electron chi connectivity index (χ4n) is 4.83. The lowest BCUT2D eigenvalue weighted by Gasteiger charge is -2.48. The number of nitrogens with one attached hydrogen (secondary N) is 1. The van der Waals surface area contributed by atoms with Gasteiger partial charge in [-0.15, -0.1) is 0 Å². The van der Waals surface area contributed by atoms with Crippen molar-refractivity contribution in [1.82, 2.24) is 0 Å². The lowest BCUT2D eigenvalue weighted by Crippen LogP contribution is -2.57. The van der Waals surface area contributed by atoms with E-state index in [0.29, 0.717) is 22.6 Å². The van der Waals surface area contributed by atoms with Gasteiger partial charge in [0.05, 0.1) is 38.3 Å². The van der Waals surface area contributed by atoms with Crippen LogP contribution in [0, 0.1) is 56.2 Å². The van der Waals surface area contributed by atoms with Gasteiger partial charge < -0.3 is 18.9 Å². The van der Waals surface area contributed by atoms with Gasteiger partial charge in [0.25, 0.3) is 0 Å². The van der Waals surface area contributed by atoms with Crippen molar-refractivity contribution >= 4 is 21.8 Å². The van der Waals surface area contributed by atoms with Gasteiger partial charge in [-0.1, -0.05) is 35.0 Å². The van der Waals surface area contributed by atoms with Crippen LogP contribution in [0.2, 0.25) is 0 Å². The molecule has 2 heterocycles. The summed E-state index contributed by atoms with van der Waals surface area (Å²) in [6, 6.07) is 18.2. The second-order valence-corrected chi connectivity index (χ2v) is 8.84. The third kappa shape index (κ3) is 2.78. The monoisotopic (exact) mass is 506 g/mol. The number of nitrogens with zero attached hydrogens (tertiary/aromatic N) is 3. The van der Waals surface area contributed by atoms with Crippen LogP contribution in [0.25, 0.3) is 0 Å². The Balaban J connectivity index is 2.05. The predicted molar refractivity (Wildman–Crippen MR) is 119 cm³/mol. The first kappa shape index (κ1) is 22.6. The number of methoxy groups -OCH3 is 2. The number of fused-ring (bicyclic) bond motifs is 2. The average Bonchev–Trinajstić information content (AvgIpc) is 3.00. The maximum Gasteiger partial charge on any atom is 0.244 e. The lowest BCUT2D eigenvalue weighted by molar-refractivity contribution is -0.288. The number of hydrogen-bond acceptors (Lipinski definition) is 8. The van der Waals surface area contributed by atoms with E-state index in [0.717, 1.165) is 4.47 Å². The molecule has 2 aliphatic heterocycles. The summed E-state index contributed by atoms with van der Waals surface area (Å²) in [5, 5.41) is 39.7. The molecule has 2 bridgehead atoms. The minimum atomic E-state index is -2.08. The number of hydrogen-bond donors (Lipinski definition) is 1. The van der Waals surface area contributed by atoms with E-state index in [1.807, 2.05) is 12.1 Å². The molecule has 0 saturated carbocycles. The van der Waals surface area contributed by atoms with Crippen LogP contribution in [0.5, 0.6) is 11.5 Å². The first-order valence-electron chi connectivity index (χ1n) is 9.97. The van der Waals surface area contributed by atoms with Crippen molar-refractivity contribution in [3.63, 3.8) is 0 Å². The van der Waals surface area contributed by atoms with E-state index in [1.165, 1.54) is 14.2 Å². The second kappa shape index (κ2) is 7.78. The molecule has 166 valence electrons. The van der Waals surface area contributed by atoms with Gasteiger partial charge in [0.1, 0.15) is 17.6 Å². The largest absolute Gasteiger partial charge is 0.497 e. The fourth-order valence-corrected chi connectivity index (χ4v) is 5.10. The highest BCUT2D eigenvalue weighted by Crippen LogP contribution is 2.69. The zero-order valence-corrected chi connectivity index (χ0v) is 19.6.